The standard InChI is InChI=1S/C9H13NO.C2H6/c1-6(2)8-4-7(3)5-10-9(8)11;1-2/h4-6H,1-3H3,(H,10,11);1-2H3. The van der Waals surface area contributed by atoms with E-state index in [1.165, 1.54) is 0 Å². The van der Waals surface area contributed by atoms with Gasteiger partial charge in [0, 0.05) is 11.8 Å². The smallest absolute Gasteiger partial charge is 0.251 e. The molecule has 0 saturated carbocycles. The van der Waals surface area contributed by atoms with Crippen molar-refractivity contribution in [3.8, 4) is 0 Å². The highest BCUT2D eigenvalue weighted by Crippen LogP contribution is 2.09. The topological polar surface area (TPSA) is 32.9 Å². The first-order chi connectivity index (χ1) is 6.11. The van der Waals surface area contributed by atoms with E-state index in [9.17, 15) is 4.79 Å². The molecule has 1 aromatic heterocycles. The maximum absolute atomic E-state index is 11.2. The van der Waals surface area contributed by atoms with Gasteiger partial charge in [0.05, 0.1) is 0 Å². The van der Waals surface area contributed by atoms with Gasteiger partial charge in [-0.2, -0.15) is 0 Å². The maximum atomic E-state index is 11.2. The molecule has 0 aliphatic carbocycles. The van der Waals surface area contributed by atoms with Gasteiger partial charge in [-0.25, -0.2) is 0 Å². The van der Waals surface area contributed by atoms with Crippen LogP contribution in [-0.2, 0) is 0 Å². The van der Waals surface area contributed by atoms with Gasteiger partial charge in [0.25, 0.3) is 5.56 Å². The van der Waals surface area contributed by atoms with E-state index < -0.39 is 0 Å². The summed E-state index contributed by atoms with van der Waals surface area (Å²) < 4.78 is 0. The van der Waals surface area contributed by atoms with Crippen molar-refractivity contribution in [2.24, 2.45) is 0 Å². The molecule has 1 N–H and O–H groups in total. The van der Waals surface area contributed by atoms with Crippen molar-refractivity contribution in [2.75, 3.05) is 0 Å². The molecule has 0 fully saturated rings. The molecule has 0 aliphatic rings. The third kappa shape index (κ3) is 3.45. The van der Waals surface area contributed by atoms with Crippen LogP contribution < -0.4 is 5.56 Å². The lowest BCUT2D eigenvalue weighted by Gasteiger charge is -2.03. The minimum absolute atomic E-state index is 0.0330. The van der Waals surface area contributed by atoms with Gasteiger partial charge in [-0.1, -0.05) is 27.7 Å². The first kappa shape index (κ1) is 11.9. The summed E-state index contributed by atoms with van der Waals surface area (Å²) >= 11 is 0. The summed E-state index contributed by atoms with van der Waals surface area (Å²) in [5.74, 6) is 0.304. The number of hydrogen-bond acceptors (Lipinski definition) is 1. The molecule has 2 nitrogen and oxygen atoms in total. The zero-order chi connectivity index (χ0) is 10.4. The molecule has 0 amide bonds. The number of H-pyrrole nitrogens is 1. The Hall–Kier alpha value is -1.05. The first-order valence-electron chi connectivity index (χ1n) is 4.80. The van der Waals surface area contributed by atoms with Crippen LogP contribution in [0.25, 0.3) is 0 Å². The van der Waals surface area contributed by atoms with Crippen LogP contribution in [0.3, 0.4) is 0 Å². The Labute approximate surface area is 80.0 Å². The SMILES string of the molecule is CC.Cc1c[nH]c(=O)c(C(C)C)c1. The molecule has 0 aromatic carbocycles. The molecule has 0 aliphatic heterocycles. The Morgan fingerprint density at radius 3 is 2.23 bits per heavy atom. The van der Waals surface area contributed by atoms with Crippen molar-refractivity contribution in [2.45, 2.75) is 40.5 Å². The summed E-state index contributed by atoms with van der Waals surface area (Å²) in [5, 5.41) is 0. The molecule has 1 heterocycles. The van der Waals surface area contributed by atoms with Crippen LogP contribution in [0, 0.1) is 6.92 Å². The summed E-state index contributed by atoms with van der Waals surface area (Å²) in [6, 6.07) is 1.93. The summed E-state index contributed by atoms with van der Waals surface area (Å²) in [7, 11) is 0. The predicted molar refractivity (Wildman–Crippen MR) is 57.2 cm³/mol. The van der Waals surface area contributed by atoms with Gasteiger partial charge in [-0.3, -0.25) is 4.79 Å². The largest absolute Gasteiger partial charge is 0.329 e. The predicted octanol–water partition coefficient (Wildman–Crippen LogP) is 2.83. The molecule has 0 radical (unpaired) electrons. The average molecular weight is 181 g/mol. The van der Waals surface area contributed by atoms with Gasteiger partial charge in [0.2, 0.25) is 0 Å². The molecule has 74 valence electrons. The number of aromatic nitrogens is 1. The number of aromatic amines is 1. The van der Waals surface area contributed by atoms with Crippen molar-refractivity contribution in [3.05, 3.63) is 33.7 Å². The van der Waals surface area contributed by atoms with Crippen LogP contribution in [0.4, 0.5) is 0 Å². The summed E-state index contributed by atoms with van der Waals surface area (Å²) in [6.07, 6.45) is 1.73. The van der Waals surface area contributed by atoms with Gasteiger partial charge < -0.3 is 4.98 Å². The summed E-state index contributed by atoms with van der Waals surface area (Å²) in [6.45, 7) is 10.0. The van der Waals surface area contributed by atoms with Crippen molar-refractivity contribution >= 4 is 0 Å². The molecule has 1 rings (SSSR count). The van der Waals surface area contributed by atoms with Crippen molar-refractivity contribution in [1.29, 1.82) is 0 Å². The lowest BCUT2D eigenvalue weighted by molar-refractivity contribution is 0.841. The minimum atomic E-state index is 0.0330. The number of aryl methyl sites for hydroxylation is 1. The molecule has 0 atom stereocenters. The highest BCUT2D eigenvalue weighted by molar-refractivity contribution is 5.19. The summed E-state index contributed by atoms with van der Waals surface area (Å²) in [5.41, 5.74) is 2.00. The van der Waals surface area contributed by atoms with E-state index in [2.05, 4.69) is 4.98 Å². The number of rotatable bonds is 1. The van der Waals surface area contributed by atoms with E-state index in [1.807, 2.05) is 40.7 Å². The fraction of sp³-hybridized carbons (Fsp3) is 0.545. The number of nitrogens with one attached hydrogen (secondary N) is 1. The fourth-order valence-corrected chi connectivity index (χ4v) is 1.04. The Bertz CT molecular complexity index is 299. The van der Waals surface area contributed by atoms with Crippen LogP contribution in [0.1, 0.15) is 44.7 Å². The fourth-order valence-electron chi connectivity index (χ4n) is 1.04. The molecule has 0 saturated heterocycles. The Kier molecular flexibility index (Phi) is 5.12. The highest BCUT2D eigenvalue weighted by Gasteiger charge is 2.03. The molecular formula is C11H19NO. The van der Waals surface area contributed by atoms with E-state index in [1.54, 1.807) is 6.20 Å². The van der Waals surface area contributed by atoms with Crippen LogP contribution in [-0.4, -0.2) is 4.98 Å². The average Bonchev–Trinajstić information content (AvgIpc) is 2.12. The molecule has 2 heteroatoms. The Morgan fingerprint density at radius 2 is 1.85 bits per heavy atom. The van der Waals surface area contributed by atoms with E-state index in [0.29, 0.717) is 5.92 Å². The monoisotopic (exact) mass is 181 g/mol. The Balaban J connectivity index is 0.000000671. The molecule has 0 unspecified atom stereocenters. The normalized spacial score (nSPS) is 9.38. The third-order valence-electron chi connectivity index (χ3n) is 1.70. The Morgan fingerprint density at radius 1 is 1.31 bits per heavy atom. The molecular weight excluding hydrogens is 162 g/mol. The molecule has 13 heavy (non-hydrogen) atoms. The van der Waals surface area contributed by atoms with Crippen LogP contribution in [0.5, 0.6) is 0 Å². The quantitative estimate of drug-likeness (QED) is 0.710. The van der Waals surface area contributed by atoms with E-state index >= 15 is 0 Å². The lowest BCUT2D eigenvalue weighted by Crippen LogP contribution is -2.13. The summed E-state index contributed by atoms with van der Waals surface area (Å²) in [4.78, 5) is 13.9. The zero-order valence-electron chi connectivity index (χ0n) is 9.14. The second-order valence-corrected chi connectivity index (χ2v) is 3.12. The van der Waals surface area contributed by atoms with E-state index in [4.69, 9.17) is 0 Å². The van der Waals surface area contributed by atoms with Crippen molar-refractivity contribution in [3.63, 3.8) is 0 Å². The third-order valence-corrected chi connectivity index (χ3v) is 1.70. The van der Waals surface area contributed by atoms with Gasteiger partial charge in [0.1, 0.15) is 0 Å². The van der Waals surface area contributed by atoms with Crippen molar-refractivity contribution < 1.29 is 0 Å². The molecule has 0 spiro atoms. The second kappa shape index (κ2) is 5.57. The highest BCUT2D eigenvalue weighted by atomic mass is 16.1. The van der Waals surface area contributed by atoms with Crippen LogP contribution in [0.15, 0.2) is 17.1 Å². The van der Waals surface area contributed by atoms with Crippen LogP contribution in [0.2, 0.25) is 0 Å². The van der Waals surface area contributed by atoms with Gasteiger partial charge in [0.15, 0.2) is 0 Å². The molecule has 0 bridgehead atoms. The number of hydrogen-bond donors (Lipinski definition) is 1. The molecule has 1 aromatic rings. The minimum Gasteiger partial charge on any atom is -0.329 e. The maximum Gasteiger partial charge on any atom is 0.251 e. The second-order valence-electron chi connectivity index (χ2n) is 3.12. The zero-order valence-corrected chi connectivity index (χ0v) is 9.14. The number of pyridine rings is 1. The first-order valence-corrected chi connectivity index (χ1v) is 4.80. The lowest BCUT2D eigenvalue weighted by atomic mass is 10.0. The van der Waals surface area contributed by atoms with E-state index in [0.717, 1.165) is 11.1 Å². The van der Waals surface area contributed by atoms with Gasteiger partial charge in [-0.05, 0) is 24.5 Å². The van der Waals surface area contributed by atoms with Gasteiger partial charge in [-0.15, -0.1) is 0 Å². The van der Waals surface area contributed by atoms with Crippen molar-refractivity contribution in [1.82, 2.24) is 4.98 Å². The van der Waals surface area contributed by atoms with Gasteiger partial charge >= 0.3 is 0 Å². The van der Waals surface area contributed by atoms with Crippen LogP contribution >= 0.6 is 0 Å². The van der Waals surface area contributed by atoms with E-state index in [-0.39, 0.29) is 5.56 Å².